The molecule has 0 aliphatic rings. The van der Waals surface area contributed by atoms with E-state index in [4.69, 9.17) is 27.4 Å². The fraction of sp³-hybridized carbons (Fsp3) is 0.500. The SMILES string of the molecule is CC(=O)O.O=S(=O)(O)O.[K+].[K+].[O]=[Cr](=[O])([O-])[O][Cr](=[O])(=[O])[O-]. The Morgan fingerprint density at radius 3 is 1.10 bits per heavy atom. The molecule has 0 unspecified atom stereocenters. The predicted molar refractivity (Wildman–Crippen MR) is 31.3 cm³/mol. The molecule has 0 radical (unpaired) electrons. The number of rotatable bonds is 2. The van der Waals surface area contributed by atoms with Crippen LogP contribution in [0.3, 0.4) is 0 Å². The van der Waals surface area contributed by atoms with Gasteiger partial charge in [-0.15, -0.1) is 0 Å². The topological polar surface area (TPSA) is 236 Å². The quantitative estimate of drug-likeness (QED) is 0.261. The van der Waals surface area contributed by atoms with E-state index in [-0.39, 0.29) is 103 Å². The molecule has 0 saturated heterocycles. The third-order valence-corrected chi connectivity index (χ3v) is 2.83. The standard InChI is InChI=1S/C2H4O2.2Cr.2K.H2O4S.7O/c1-2(3)4;;;;;1-5(2,3)4;;;;;;;/h1H3,(H,3,4);;;;;(H2,1,2,3,4);;;;;;;/q;;;2*+1;;;;;;;2*-1. The summed E-state index contributed by atoms with van der Waals surface area (Å²) in [5.74, 6) is -0.833. The van der Waals surface area contributed by atoms with Gasteiger partial charge in [-0.2, -0.15) is 8.42 Å². The summed E-state index contributed by atoms with van der Waals surface area (Å²) >= 11 is -12.1. The Kier molecular flexibility index (Phi) is 26.1. The van der Waals surface area contributed by atoms with E-state index in [0.717, 1.165) is 6.92 Å². The molecule has 0 atom stereocenters. The van der Waals surface area contributed by atoms with Gasteiger partial charge in [0, 0.05) is 6.92 Å². The van der Waals surface area contributed by atoms with Crippen molar-refractivity contribution < 1.29 is 184 Å². The molecule has 18 heteroatoms. The molecular formula is C2H6Cr2K2O13S. The molecule has 3 N–H and O–H groups in total. The molecule has 0 bridgehead atoms. The van der Waals surface area contributed by atoms with Crippen LogP contribution in [0.25, 0.3) is 0 Å². The van der Waals surface area contributed by atoms with E-state index in [9.17, 15) is 23.5 Å². The zero-order chi connectivity index (χ0) is 15.8. The van der Waals surface area contributed by atoms with Gasteiger partial charge in [-0.3, -0.25) is 13.9 Å². The zero-order valence-electron chi connectivity index (χ0n) is 10.1. The van der Waals surface area contributed by atoms with Crippen LogP contribution in [0.15, 0.2) is 0 Å². The third-order valence-electron chi connectivity index (χ3n) is 0.167. The van der Waals surface area contributed by atoms with Crippen LogP contribution in [-0.2, 0) is 60.5 Å². The zero-order valence-corrected chi connectivity index (χ0v) is 19.8. The van der Waals surface area contributed by atoms with E-state index in [1.807, 2.05) is 0 Å². The van der Waals surface area contributed by atoms with Crippen molar-refractivity contribution in [2.75, 3.05) is 0 Å². The molecule has 0 aromatic rings. The molecule has 0 aliphatic carbocycles. The summed E-state index contributed by atoms with van der Waals surface area (Å²) in [5, 5.41) is 7.42. The van der Waals surface area contributed by atoms with Crippen molar-refractivity contribution >= 4 is 16.4 Å². The molecule has 20 heavy (non-hydrogen) atoms. The molecule has 0 saturated carbocycles. The van der Waals surface area contributed by atoms with Gasteiger partial charge in [-0.05, 0) is 0 Å². The second-order valence-electron chi connectivity index (χ2n) is 1.85. The fourth-order valence-electron chi connectivity index (χ4n) is 0.102. The van der Waals surface area contributed by atoms with Gasteiger partial charge in [0.1, 0.15) is 0 Å². The van der Waals surface area contributed by atoms with Gasteiger partial charge in [0.2, 0.25) is 0 Å². The monoisotopic (exact) mass is 452 g/mol. The maximum absolute atomic E-state index is 9.38. The summed E-state index contributed by atoms with van der Waals surface area (Å²) in [7, 11) is -4.67. The summed E-state index contributed by atoms with van der Waals surface area (Å²) in [6.07, 6.45) is 0. The van der Waals surface area contributed by atoms with Crippen LogP contribution in [0.4, 0.5) is 0 Å². The first-order chi connectivity index (χ1) is 7.44. The second-order valence-corrected chi connectivity index (χ2v) is 6.39. The van der Waals surface area contributed by atoms with Gasteiger partial charge >= 0.3 is 167 Å². The second kappa shape index (κ2) is 15.3. The molecule has 0 aromatic carbocycles. The van der Waals surface area contributed by atoms with Crippen molar-refractivity contribution in [3.8, 4) is 0 Å². The Balaban J connectivity index is -0.0000000591. The number of hydrogen-bond acceptors (Lipinski definition) is 10. The minimum absolute atomic E-state index is 0. The molecule has 0 aliphatic heterocycles. The fourth-order valence-corrected chi connectivity index (χ4v) is 1.74. The Labute approximate surface area is 202 Å². The van der Waals surface area contributed by atoms with Crippen molar-refractivity contribution in [3.63, 3.8) is 0 Å². The van der Waals surface area contributed by atoms with E-state index in [1.54, 1.807) is 0 Å². The molecule has 13 nitrogen and oxygen atoms in total. The van der Waals surface area contributed by atoms with Crippen LogP contribution in [0.2, 0.25) is 0 Å². The van der Waals surface area contributed by atoms with Crippen LogP contribution < -0.4 is 111 Å². The maximum atomic E-state index is 9.38. The molecule has 0 aromatic heterocycles. The Morgan fingerprint density at radius 2 is 1.10 bits per heavy atom. The molecule has 0 rings (SSSR count). The molecule has 0 heterocycles. The summed E-state index contributed by atoms with van der Waals surface area (Å²) < 4.78 is 90.5. The molecule has 0 spiro atoms. The Hall–Kier alpha value is 2.76. The van der Waals surface area contributed by atoms with Gasteiger partial charge in [0.25, 0.3) is 5.97 Å². The predicted octanol–water partition coefficient (Wildman–Crippen LogP) is -9.48. The first-order valence-electron chi connectivity index (χ1n) is 2.96. The van der Waals surface area contributed by atoms with Crippen LogP contribution >= 0.6 is 0 Å². The number of aliphatic carboxylic acids is 1. The average Bonchev–Trinajstić information content (AvgIpc) is 1.67. The first kappa shape index (κ1) is 34.2. The normalized spacial score (nSPS) is 10.2. The van der Waals surface area contributed by atoms with Gasteiger partial charge < -0.3 is 5.11 Å². The number of carboxylic acid groups (broad SMARTS) is 1. The van der Waals surface area contributed by atoms with Gasteiger partial charge in [0.15, 0.2) is 0 Å². The van der Waals surface area contributed by atoms with E-state index < -0.39 is 43.6 Å². The van der Waals surface area contributed by atoms with Crippen LogP contribution in [-0.4, -0.2) is 28.6 Å². The summed E-state index contributed by atoms with van der Waals surface area (Å²) in [6, 6.07) is 0. The average molecular weight is 452 g/mol. The van der Waals surface area contributed by atoms with E-state index in [1.165, 1.54) is 0 Å². The Morgan fingerprint density at radius 1 is 1.00 bits per heavy atom. The van der Waals surface area contributed by atoms with E-state index in [2.05, 4.69) is 2.84 Å². The van der Waals surface area contributed by atoms with Crippen LogP contribution in [0.1, 0.15) is 6.92 Å². The first-order valence-corrected chi connectivity index (χ1v) is 8.52. The van der Waals surface area contributed by atoms with Crippen LogP contribution in [0.5, 0.6) is 0 Å². The van der Waals surface area contributed by atoms with Crippen molar-refractivity contribution in [1.82, 2.24) is 0 Å². The van der Waals surface area contributed by atoms with Gasteiger partial charge in [-0.25, -0.2) is 0 Å². The summed E-state index contributed by atoms with van der Waals surface area (Å²) in [6.45, 7) is 1.08. The van der Waals surface area contributed by atoms with E-state index >= 15 is 0 Å². The minimum atomic E-state index is -6.07. The number of carboxylic acids is 1. The van der Waals surface area contributed by atoms with Crippen molar-refractivity contribution in [3.05, 3.63) is 0 Å². The number of carbonyl (C=O) groups is 1. The summed E-state index contributed by atoms with van der Waals surface area (Å²) in [4.78, 5) is 9.00. The van der Waals surface area contributed by atoms with Crippen molar-refractivity contribution in [2.45, 2.75) is 6.92 Å². The van der Waals surface area contributed by atoms with Gasteiger partial charge in [0.05, 0.1) is 0 Å². The summed E-state index contributed by atoms with van der Waals surface area (Å²) in [5.41, 5.74) is 0. The Bertz CT molecular complexity index is 501. The molecule has 0 fully saturated rings. The third kappa shape index (κ3) is 106. The molecule has 0 amide bonds. The number of hydrogen-bond donors (Lipinski definition) is 3. The van der Waals surface area contributed by atoms with Crippen molar-refractivity contribution in [2.24, 2.45) is 0 Å². The van der Waals surface area contributed by atoms with E-state index in [0.29, 0.717) is 0 Å². The molecular weight excluding hydrogens is 446 g/mol. The molecule has 112 valence electrons. The van der Waals surface area contributed by atoms with Crippen LogP contribution in [0, 0.1) is 0 Å². The van der Waals surface area contributed by atoms with Gasteiger partial charge in [-0.1, -0.05) is 0 Å². The van der Waals surface area contributed by atoms with Crippen molar-refractivity contribution in [1.29, 1.82) is 0 Å².